The van der Waals surface area contributed by atoms with Crippen molar-refractivity contribution in [1.82, 2.24) is 9.97 Å². The van der Waals surface area contributed by atoms with Crippen LogP contribution < -0.4 is 0 Å². The molecule has 0 atom stereocenters. The van der Waals surface area contributed by atoms with E-state index in [0.29, 0.717) is 11.0 Å². The van der Waals surface area contributed by atoms with E-state index < -0.39 is 0 Å². The highest BCUT2D eigenvalue weighted by Crippen LogP contribution is 2.38. The molecule has 0 N–H and O–H groups in total. The van der Waals surface area contributed by atoms with Gasteiger partial charge in [-0.1, -0.05) is 30.9 Å². The summed E-state index contributed by atoms with van der Waals surface area (Å²) in [6, 6.07) is 0. The van der Waals surface area contributed by atoms with E-state index in [4.69, 9.17) is 16.3 Å². The highest BCUT2D eigenvalue weighted by atomic mass is 79.9. The summed E-state index contributed by atoms with van der Waals surface area (Å²) >= 11 is 9.29. The lowest BCUT2D eigenvalue weighted by molar-refractivity contribution is -0.0515. The Labute approximate surface area is 109 Å². The summed E-state index contributed by atoms with van der Waals surface area (Å²) in [5.74, 6) is 0.711. The second kappa shape index (κ2) is 4.98. The van der Waals surface area contributed by atoms with E-state index in [-0.39, 0.29) is 5.60 Å². The van der Waals surface area contributed by atoms with Crippen LogP contribution in [-0.4, -0.2) is 17.1 Å². The number of aromatic nitrogens is 2. The largest absolute Gasteiger partial charge is 0.370 e. The third-order valence-corrected chi connectivity index (χ3v) is 4.26. The summed E-state index contributed by atoms with van der Waals surface area (Å²) in [6.45, 7) is 0. The topological polar surface area (TPSA) is 35.0 Å². The summed E-state index contributed by atoms with van der Waals surface area (Å²) in [7, 11) is 1.73. The van der Waals surface area contributed by atoms with Gasteiger partial charge in [-0.05, 0) is 28.8 Å². The van der Waals surface area contributed by atoms with Gasteiger partial charge in [-0.3, -0.25) is 0 Å². The number of halogens is 2. The summed E-state index contributed by atoms with van der Waals surface area (Å²) in [6.07, 6.45) is 7.22. The molecule has 1 aromatic rings. The summed E-state index contributed by atoms with van der Waals surface area (Å²) in [5.41, 5.74) is -0.331. The molecule has 0 amide bonds. The van der Waals surface area contributed by atoms with Crippen LogP contribution in [0.5, 0.6) is 0 Å². The van der Waals surface area contributed by atoms with Crippen LogP contribution in [0.4, 0.5) is 0 Å². The van der Waals surface area contributed by atoms with Gasteiger partial charge in [-0.25, -0.2) is 9.97 Å². The van der Waals surface area contributed by atoms with Crippen LogP contribution in [0.3, 0.4) is 0 Å². The quantitative estimate of drug-likeness (QED) is 0.782. The van der Waals surface area contributed by atoms with Crippen LogP contribution in [0, 0.1) is 0 Å². The lowest BCUT2D eigenvalue weighted by atomic mass is 9.84. The molecule has 1 aromatic heterocycles. The molecule has 1 saturated carbocycles. The molecule has 1 heterocycles. The number of nitrogens with zero attached hydrogens (tertiary/aromatic N) is 2. The molecular weight excluding hydrogens is 291 g/mol. The SMILES string of the molecule is COC1(c2ncc(Br)c(Cl)n2)CCCCC1. The molecule has 1 fully saturated rings. The van der Waals surface area contributed by atoms with Crippen molar-refractivity contribution in [2.75, 3.05) is 7.11 Å². The van der Waals surface area contributed by atoms with Crippen molar-refractivity contribution < 1.29 is 4.74 Å². The summed E-state index contributed by atoms with van der Waals surface area (Å²) in [4.78, 5) is 8.66. The van der Waals surface area contributed by atoms with Crippen LogP contribution >= 0.6 is 27.5 Å². The minimum atomic E-state index is -0.331. The molecule has 88 valence electrons. The fraction of sp³-hybridized carbons (Fsp3) is 0.636. The minimum Gasteiger partial charge on any atom is -0.370 e. The smallest absolute Gasteiger partial charge is 0.162 e. The van der Waals surface area contributed by atoms with Crippen molar-refractivity contribution >= 4 is 27.5 Å². The fourth-order valence-corrected chi connectivity index (χ4v) is 2.53. The Kier molecular flexibility index (Phi) is 3.82. The Morgan fingerprint density at radius 3 is 2.62 bits per heavy atom. The van der Waals surface area contributed by atoms with Gasteiger partial charge in [0, 0.05) is 13.3 Å². The highest BCUT2D eigenvalue weighted by Gasteiger charge is 2.36. The van der Waals surface area contributed by atoms with E-state index in [2.05, 4.69) is 25.9 Å². The Balaban J connectivity index is 2.35. The molecule has 0 bridgehead atoms. The van der Waals surface area contributed by atoms with E-state index in [1.54, 1.807) is 13.3 Å². The van der Waals surface area contributed by atoms with Gasteiger partial charge in [0.15, 0.2) is 5.82 Å². The van der Waals surface area contributed by atoms with Crippen molar-refractivity contribution in [3.63, 3.8) is 0 Å². The van der Waals surface area contributed by atoms with Crippen LogP contribution in [0.25, 0.3) is 0 Å². The maximum atomic E-state index is 6.00. The number of rotatable bonds is 2. The molecule has 1 aliphatic rings. The molecule has 0 aliphatic heterocycles. The average molecular weight is 306 g/mol. The van der Waals surface area contributed by atoms with Gasteiger partial charge in [0.1, 0.15) is 10.8 Å². The molecule has 2 rings (SSSR count). The first kappa shape index (κ1) is 12.3. The van der Waals surface area contributed by atoms with Gasteiger partial charge < -0.3 is 4.74 Å². The van der Waals surface area contributed by atoms with Crippen molar-refractivity contribution in [2.45, 2.75) is 37.7 Å². The maximum Gasteiger partial charge on any atom is 0.162 e. The van der Waals surface area contributed by atoms with E-state index in [1.807, 2.05) is 0 Å². The van der Waals surface area contributed by atoms with Gasteiger partial charge in [0.2, 0.25) is 0 Å². The molecule has 16 heavy (non-hydrogen) atoms. The predicted molar refractivity (Wildman–Crippen MR) is 66.5 cm³/mol. The number of hydrogen-bond acceptors (Lipinski definition) is 3. The van der Waals surface area contributed by atoms with Crippen LogP contribution in [0.15, 0.2) is 10.7 Å². The number of hydrogen-bond donors (Lipinski definition) is 0. The van der Waals surface area contributed by atoms with Crippen LogP contribution in [0.1, 0.15) is 37.9 Å². The van der Waals surface area contributed by atoms with Gasteiger partial charge >= 0.3 is 0 Å². The molecule has 0 unspecified atom stereocenters. The van der Waals surface area contributed by atoms with Gasteiger partial charge in [-0.2, -0.15) is 0 Å². The first-order chi connectivity index (χ1) is 7.68. The average Bonchev–Trinajstić information content (AvgIpc) is 2.33. The van der Waals surface area contributed by atoms with E-state index in [1.165, 1.54) is 6.42 Å². The molecular formula is C11H14BrClN2O. The normalized spacial score (nSPS) is 19.7. The Morgan fingerprint density at radius 1 is 1.38 bits per heavy atom. The van der Waals surface area contributed by atoms with Crippen molar-refractivity contribution in [3.8, 4) is 0 Å². The molecule has 3 nitrogen and oxygen atoms in total. The lowest BCUT2D eigenvalue weighted by Crippen LogP contribution is -2.33. The second-order valence-electron chi connectivity index (χ2n) is 4.09. The van der Waals surface area contributed by atoms with Crippen LogP contribution in [-0.2, 0) is 10.3 Å². The third kappa shape index (κ3) is 2.24. The molecule has 0 radical (unpaired) electrons. The zero-order valence-electron chi connectivity index (χ0n) is 9.17. The Bertz CT molecular complexity index is 380. The third-order valence-electron chi connectivity index (χ3n) is 3.16. The molecule has 1 aliphatic carbocycles. The number of methoxy groups -OCH3 is 1. The van der Waals surface area contributed by atoms with Crippen molar-refractivity contribution in [3.05, 3.63) is 21.6 Å². The van der Waals surface area contributed by atoms with Crippen molar-refractivity contribution in [1.29, 1.82) is 0 Å². The zero-order chi connectivity index (χ0) is 11.6. The summed E-state index contributed by atoms with van der Waals surface area (Å²) in [5, 5.41) is 0.451. The monoisotopic (exact) mass is 304 g/mol. The molecule has 0 aromatic carbocycles. The summed E-state index contributed by atoms with van der Waals surface area (Å²) < 4.78 is 6.38. The van der Waals surface area contributed by atoms with Gasteiger partial charge in [0.05, 0.1) is 4.47 Å². The van der Waals surface area contributed by atoms with Crippen molar-refractivity contribution in [2.24, 2.45) is 0 Å². The molecule has 5 heteroatoms. The van der Waals surface area contributed by atoms with E-state index >= 15 is 0 Å². The zero-order valence-corrected chi connectivity index (χ0v) is 11.5. The Morgan fingerprint density at radius 2 is 2.06 bits per heavy atom. The van der Waals surface area contributed by atoms with Gasteiger partial charge in [-0.15, -0.1) is 0 Å². The predicted octanol–water partition coefficient (Wildman–Crippen LogP) is 3.70. The fourth-order valence-electron chi connectivity index (χ4n) is 2.21. The number of ether oxygens (including phenoxy) is 1. The van der Waals surface area contributed by atoms with E-state index in [9.17, 15) is 0 Å². The van der Waals surface area contributed by atoms with Crippen LogP contribution in [0.2, 0.25) is 5.15 Å². The molecule has 0 spiro atoms. The lowest BCUT2D eigenvalue weighted by Gasteiger charge is -2.34. The van der Waals surface area contributed by atoms with Gasteiger partial charge in [0.25, 0.3) is 0 Å². The minimum absolute atomic E-state index is 0.331. The highest BCUT2D eigenvalue weighted by molar-refractivity contribution is 9.10. The Hall–Kier alpha value is -0.190. The molecule has 0 saturated heterocycles. The second-order valence-corrected chi connectivity index (χ2v) is 5.30. The first-order valence-electron chi connectivity index (χ1n) is 5.42. The first-order valence-corrected chi connectivity index (χ1v) is 6.59. The van der Waals surface area contributed by atoms with E-state index in [0.717, 1.165) is 30.2 Å². The standard InChI is InChI=1S/C11H14BrClN2O/c1-16-11(5-3-2-4-6-11)10-14-7-8(12)9(13)15-10/h7H,2-6H2,1H3. The maximum absolute atomic E-state index is 6.00.